The monoisotopic (exact) mass is 375 g/mol. The van der Waals surface area contributed by atoms with E-state index >= 15 is 0 Å². The molecular formula is C19H21NO3S2. The molecule has 1 spiro atoms. The predicted octanol–water partition coefficient (Wildman–Crippen LogP) is 2.98. The van der Waals surface area contributed by atoms with Crippen LogP contribution in [0.15, 0.2) is 35.0 Å². The number of rotatable bonds is 5. The lowest BCUT2D eigenvalue weighted by Crippen LogP contribution is -2.40. The standard InChI is InChI=1S/C19H21NO3S2/c1-20-16-15-12(10-11-6-7-18(11,15)16)23-17(21)19(22,13-4-2-8-24-13)14-5-3-9-25-14/h2-5,8-9,11-12,15-16,20,22H,6-7,10H2,1H3. The molecule has 0 aromatic carbocycles. The fourth-order valence-corrected chi connectivity index (χ4v) is 7.14. The van der Waals surface area contributed by atoms with Crippen molar-refractivity contribution in [3.05, 3.63) is 44.8 Å². The lowest BCUT2D eigenvalue weighted by atomic mass is 9.70. The number of aliphatic hydroxyl groups is 1. The topological polar surface area (TPSA) is 58.6 Å². The highest BCUT2D eigenvalue weighted by Crippen LogP contribution is 2.76. The van der Waals surface area contributed by atoms with Gasteiger partial charge in [-0.2, -0.15) is 0 Å². The molecule has 2 aromatic heterocycles. The second kappa shape index (κ2) is 5.39. The fraction of sp³-hybridized carbons (Fsp3) is 0.526. The number of nitrogens with one attached hydrogen (secondary N) is 1. The summed E-state index contributed by atoms with van der Waals surface area (Å²) in [5.41, 5.74) is -1.33. The van der Waals surface area contributed by atoms with Gasteiger partial charge in [0.15, 0.2) is 0 Å². The summed E-state index contributed by atoms with van der Waals surface area (Å²) in [6, 6.07) is 7.79. The maximum Gasteiger partial charge on any atom is 0.349 e. The molecule has 3 fully saturated rings. The molecule has 0 aliphatic heterocycles. The molecule has 2 N–H and O–H groups in total. The lowest BCUT2D eigenvalue weighted by Gasteiger charge is -2.36. The number of esters is 1. The molecule has 5 unspecified atom stereocenters. The smallest absolute Gasteiger partial charge is 0.349 e. The quantitative estimate of drug-likeness (QED) is 0.789. The highest BCUT2D eigenvalue weighted by Gasteiger charge is 2.78. The third-order valence-electron chi connectivity index (χ3n) is 6.67. The van der Waals surface area contributed by atoms with E-state index in [2.05, 4.69) is 5.32 Å². The van der Waals surface area contributed by atoms with Crippen LogP contribution in [0.4, 0.5) is 0 Å². The normalized spacial score (nSPS) is 35.6. The van der Waals surface area contributed by atoms with Gasteiger partial charge in [0.2, 0.25) is 5.60 Å². The first-order valence-corrected chi connectivity index (χ1v) is 10.6. The number of carbonyl (C=O) groups is 1. The summed E-state index contributed by atoms with van der Waals surface area (Å²) < 4.78 is 5.97. The number of ether oxygens (including phenoxy) is 1. The summed E-state index contributed by atoms with van der Waals surface area (Å²) in [6.07, 6.45) is 3.34. The van der Waals surface area contributed by atoms with Crippen molar-refractivity contribution in [2.75, 3.05) is 7.05 Å². The van der Waals surface area contributed by atoms with Crippen LogP contribution in [0.2, 0.25) is 0 Å². The van der Waals surface area contributed by atoms with E-state index in [9.17, 15) is 9.90 Å². The average Bonchev–Trinajstić information content (AvgIpc) is 3.07. The van der Waals surface area contributed by atoms with Crippen LogP contribution in [-0.2, 0) is 15.1 Å². The molecule has 0 radical (unpaired) electrons. The Balaban J connectivity index is 1.43. The largest absolute Gasteiger partial charge is 0.459 e. The van der Waals surface area contributed by atoms with Gasteiger partial charge in [0.25, 0.3) is 0 Å². The summed E-state index contributed by atoms with van der Waals surface area (Å²) in [5.74, 6) is 0.557. The first-order chi connectivity index (χ1) is 12.1. The molecule has 3 aliphatic carbocycles. The SMILES string of the molecule is CNC1C2C(OC(=O)C(O)(c3cccs3)c3cccs3)CC3CCC312. The van der Waals surface area contributed by atoms with E-state index in [1.165, 1.54) is 35.5 Å². The third-order valence-corrected chi connectivity index (χ3v) is 8.63. The van der Waals surface area contributed by atoms with Crippen LogP contribution in [0.25, 0.3) is 0 Å². The Morgan fingerprint density at radius 2 is 2.00 bits per heavy atom. The Morgan fingerprint density at radius 3 is 2.44 bits per heavy atom. The van der Waals surface area contributed by atoms with Gasteiger partial charge in [-0.1, -0.05) is 12.1 Å². The fourth-order valence-electron chi connectivity index (χ4n) is 5.43. The van der Waals surface area contributed by atoms with Gasteiger partial charge in [0, 0.05) is 12.0 Å². The number of hydrogen-bond donors (Lipinski definition) is 2. The maximum absolute atomic E-state index is 13.1. The highest BCUT2D eigenvalue weighted by molar-refractivity contribution is 7.12. The van der Waals surface area contributed by atoms with Crippen molar-refractivity contribution in [1.29, 1.82) is 0 Å². The maximum atomic E-state index is 13.1. The van der Waals surface area contributed by atoms with Crippen molar-refractivity contribution in [3.63, 3.8) is 0 Å². The number of thiophene rings is 2. The number of hydrogen-bond acceptors (Lipinski definition) is 6. The highest BCUT2D eigenvalue weighted by atomic mass is 32.1. The molecule has 3 aliphatic rings. The third kappa shape index (κ3) is 1.97. The second-order valence-electron chi connectivity index (χ2n) is 7.48. The molecule has 5 rings (SSSR count). The molecule has 2 aromatic rings. The molecule has 6 heteroatoms. The van der Waals surface area contributed by atoms with E-state index in [4.69, 9.17) is 4.74 Å². The van der Waals surface area contributed by atoms with Crippen molar-refractivity contribution >= 4 is 28.6 Å². The Kier molecular flexibility index (Phi) is 3.45. The van der Waals surface area contributed by atoms with Gasteiger partial charge in [-0.05, 0) is 60.5 Å². The van der Waals surface area contributed by atoms with Crippen molar-refractivity contribution in [3.8, 4) is 0 Å². The van der Waals surface area contributed by atoms with Crippen LogP contribution in [0.1, 0.15) is 29.0 Å². The minimum Gasteiger partial charge on any atom is -0.459 e. The average molecular weight is 376 g/mol. The van der Waals surface area contributed by atoms with E-state index in [0.717, 1.165) is 6.42 Å². The van der Waals surface area contributed by atoms with Crippen LogP contribution in [-0.4, -0.2) is 30.3 Å². The predicted molar refractivity (Wildman–Crippen MR) is 97.6 cm³/mol. The second-order valence-corrected chi connectivity index (χ2v) is 9.38. The van der Waals surface area contributed by atoms with E-state index in [1.54, 1.807) is 12.1 Å². The lowest BCUT2D eigenvalue weighted by molar-refractivity contribution is -0.168. The zero-order chi connectivity index (χ0) is 17.2. The molecule has 4 nitrogen and oxygen atoms in total. The molecule has 0 amide bonds. The summed E-state index contributed by atoms with van der Waals surface area (Å²) in [5, 5.41) is 18.5. The van der Waals surface area contributed by atoms with Gasteiger partial charge in [-0.15, -0.1) is 22.7 Å². The van der Waals surface area contributed by atoms with Crippen LogP contribution in [0.3, 0.4) is 0 Å². The molecule has 2 heterocycles. The van der Waals surface area contributed by atoms with E-state index < -0.39 is 11.6 Å². The molecule has 25 heavy (non-hydrogen) atoms. The minimum atomic E-state index is -1.69. The van der Waals surface area contributed by atoms with E-state index in [1.807, 2.05) is 29.9 Å². The molecule has 0 bridgehead atoms. The number of carbonyl (C=O) groups excluding carboxylic acids is 1. The van der Waals surface area contributed by atoms with Crippen molar-refractivity contribution in [1.82, 2.24) is 5.32 Å². The van der Waals surface area contributed by atoms with Crippen LogP contribution < -0.4 is 5.32 Å². The first-order valence-electron chi connectivity index (χ1n) is 8.81. The van der Waals surface area contributed by atoms with Crippen molar-refractivity contribution in [2.45, 2.75) is 37.0 Å². The molecule has 3 saturated carbocycles. The van der Waals surface area contributed by atoms with Gasteiger partial charge in [0.1, 0.15) is 6.10 Å². The van der Waals surface area contributed by atoms with Gasteiger partial charge < -0.3 is 15.2 Å². The summed E-state index contributed by atoms with van der Waals surface area (Å²) >= 11 is 2.77. The van der Waals surface area contributed by atoms with Crippen LogP contribution in [0.5, 0.6) is 0 Å². The minimum absolute atomic E-state index is 0.0797. The van der Waals surface area contributed by atoms with Gasteiger partial charge in [0.05, 0.1) is 9.75 Å². The van der Waals surface area contributed by atoms with Crippen molar-refractivity contribution < 1.29 is 14.6 Å². The Labute approximate surface area is 154 Å². The van der Waals surface area contributed by atoms with E-state index in [0.29, 0.717) is 33.0 Å². The molecular weight excluding hydrogens is 354 g/mol. The molecule has 5 atom stereocenters. The summed E-state index contributed by atoms with van der Waals surface area (Å²) in [6.45, 7) is 0. The summed E-state index contributed by atoms with van der Waals surface area (Å²) in [4.78, 5) is 14.4. The van der Waals surface area contributed by atoms with E-state index in [-0.39, 0.29) is 6.10 Å². The molecule has 0 saturated heterocycles. The van der Waals surface area contributed by atoms with Crippen LogP contribution >= 0.6 is 22.7 Å². The Hall–Kier alpha value is -1.21. The van der Waals surface area contributed by atoms with Gasteiger partial charge in [-0.3, -0.25) is 0 Å². The van der Waals surface area contributed by atoms with Crippen LogP contribution in [0, 0.1) is 17.3 Å². The van der Waals surface area contributed by atoms with Gasteiger partial charge in [-0.25, -0.2) is 4.79 Å². The Bertz CT molecular complexity index is 753. The zero-order valence-corrected chi connectivity index (χ0v) is 15.6. The first kappa shape index (κ1) is 16.0. The summed E-state index contributed by atoms with van der Waals surface area (Å²) in [7, 11) is 2.00. The van der Waals surface area contributed by atoms with Gasteiger partial charge >= 0.3 is 5.97 Å². The molecule has 132 valence electrons. The van der Waals surface area contributed by atoms with Crippen molar-refractivity contribution in [2.24, 2.45) is 17.3 Å². The Morgan fingerprint density at radius 1 is 1.32 bits per heavy atom. The zero-order valence-electron chi connectivity index (χ0n) is 14.0.